The second kappa shape index (κ2) is 8.88. The van der Waals surface area contributed by atoms with E-state index in [9.17, 15) is 9.59 Å². The SMILES string of the molecule is C=C/C=C\C(=C/C)C(=O)CC(=O)/C(C=C)=C/C=C. The van der Waals surface area contributed by atoms with Gasteiger partial charge in [0, 0.05) is 11.1 Å². The average molecular weight is 242 g/mol. The summed E-state index contributed by atoms with van der Waals surface area (Å²) in [7, 11) is 0. The molecule has 0 radical (unpaired) electrons. The third-order valence-corrected chi connectivity index (χ3v) is 2.21. The average Bonchev–Trinajstić information content (AvgIpc) is 2.36. The van der Waals surface area contributed by atoms with Crippen LogP contribution in [0, 0.1) is 0 Å². The van der Waals surface area contributed by atoms with E-state index < -0.39 is 0 Å². The van der Waals surface area contributed by atoms with Gasteiger partial charge in [-0.25, -0.2) is 0 Å². The molecule has 0 heterocycles. The minimum Gasteiger partial charge on any atom is -0.294 e. The van der Waals surface area contributed by atoms with Gasteiger partial charge in [-0.3, -0.25) is 9.59 Å². The van der Waals surface area contributed by atoms with Crippen LogP contribution < -0.4 is 0 Å². The van der Waals surface area contributed by atoms with Crippen molar-refractivity contribution in [3.63, 3.8) is 0 Å². The number of ketones is 2. The summed E-state index contributed by atoms with van der Waals surface area (Å²) in [6.07, 6.45) is 10.8. The lowest BCUT2D eigenvalue weighted by Gasteiger charge is -2.01. The summed E-state index contributed by atoms with van der Waals surface area (Å²) >= 11 is 0. The van der Waals surface area contributed by atoms with Crippen LogP contribution in [0.15, 0.2) is 73.4 Å². The third kappa shape index (κ3) is 5.21. The molecular weight excluding hydrogens is 224 g/mol. The number of allylic oxidation sites excluding steroid dienone is 9. The van der Waals surface area contributed by atoms with E-state index in [2.05, 4.69) is 19.7 Å². The molecule has 0 aliphatic carbocycles. The highest BCUT2D eigenvalue weighted by molar-refractivity contribution is 6.14. The quantitative estimate of drug-likeness (QED) is 0.371. The summed E-state index contributed by atoms with van der Waals surface area (Å²) in [6.45, 7) is 12.3. The number of Topliss-reactive ketones (excluding diaryl/α,β-unsaturated/α-hetero) is 2. The summed E-state index contributed by atoms with van der Waals surface area (Å²) < 4.78 is 0. The van der Waals surface area contributed by atoms with E-state index in [1.165, 1.54) is 18.2 Å². The first-order valence-corrected chi connectivity index (χ1v) is 5.57. The van der Waals surface area contributed by atoms with Crippen LogP contribution >= 0.6 is 0 Å². The van der Waals surface area contributed by atoms with Gasteiger partial charge in [0.05, 0.1) is 6.42 Å². The van der Waals surface area contributed by atoms with Crippen molar-refractivity contribution >= 4 is 11.6 Å². The zero-order valence-corrected chi connectivity index (χ0v) is 10.7. The van der Waals surface area contributed by atoms with Crippen molar-refractivity contribution in [1.82, 2.24) is 0 Å². The minimum atomic E-state index is -0.263. The van der Waals surface area contributed by atoms with Gasteiger partial charge >= 0.3 is 0 Å². The second-order valence-corrected chi connectivity index (χ2v) is 3.42. The standard InChI is InChI=1S/C16H18O2/c1-5-9-11-14(8-4)16(18)12-15(17)13(7-3)10-6-2/h5-11H,1-3,12H2,4H3/b11-9-,13-10+,14-8+. The van der Waals surface area contributed by atoms with Crippen LogP contribution in [0.3, 0.4) is 0 Å². The Bertz CT molecular complexity index is 446. The van der Waals surface area contributed by atoms with Gasteiger partial charge < -0.3 is 0 Å². The topological polar surface area (TPSA) is 34.1 Å². The summed E-state index contributed by atoms with van der Waals surface area (Å²) in [5.74, 6) is -0.487. The van der Waals surface area contributed by atoms with Gasteiger partial charge in [-0.2, -0.15) is 0 Å². The van der Waals surface area contributed by atoms with E-state index in [0.29, 0.717) is 11.1 Å². The lowest BCUT2D eigenvalue weighted by atomic mass is 10.0. The fourth-order valence-electron chi connectivity index (χ4n) is 1.27. The Morgan fingerprint density at radius 3 is 2.06 bits per heavy atom. The summed E-state index contributed by atoms with van der Waals surface area (Å²) in [4.78, 5) is 23.6. The van der Waals surface area contributed by atoms with Crippen molar-refractivity contribution in [3.05, 3.63) is 73.4 Å². The highest BCUT2D eigenvalue weighted by Gasteiger charge is 2.13. The highest BCUT2D eigenvalue weighted by Crippen LogP contribution is 2.08. The van der Waals surface area contributed by atoms with E-state index in [1.54, 1.807) is 31.2 Å². The predicted octanol–water partition coefficient (Wildman–Crippen LogP) is 3.50. The van der Waals surface area contributed by atoms with E-state index in [4.69, 9.17) is 0 Å². The molecule has 0 amide bonds. The van der Waals surface area contributed by atoms with Crippen LogP contribution in [0.4, 0.5) is 0 Å². The second-order valence-electron chi connectivity index (χ2n) is 3.42. The molecule has 2 heteroatoms. The maximum Gasteiger partial charge on any atom is 0.170 e. The van der Waals surface area contributed by atoms with E-state index in [-0.39, 0.29) is 18.0 Å². The van der Waals surface area contributed by atoms with Crippen LogP contribution in [-0.4, -0.2) is 11.6 Å². The zero-order valence-electron chi connectivity index (χ0n) is 10.7. The first-order chi connectivity index (χ1) is 8.60. The third-order valence-electron chi connectivity index (χ3n) is 2.21. The van der Waals surface area contributed by atoms with Gasteiger partial charge in [0.1, 0.15) is 0 Å². The van der Waals surface area contributed by atoms with Gasteiger partial charge in [-0.15, -0.1) is 0 Å². The van der Waals surface area contributed by atoms with Crippen LogP contribution in [0.5, 0.6) is 0 Å². The number of carbonyl (C=O) groups excluding carboxylic acids is 2. The largest absolute Gasteiger partial charge is 0.294 e. The van der Waals surface area contributed by atoms with Crippen LogP contribution in [0.2, 0.25) is 0 Å². The number of rotatable bonds is 8. The van der Waals surface area contributed by atoms with E-state index >= 15 is 0 Å². The van der Waals surface area contributed by atoms with E-state index in [1.807, 2.05) is 0 Å². The Labute approximate surface area is 108 Å². The zero-order chi connectivity index (χ0) is 14.0. The molecule has 0 saturated heterocycles. The van der Waals surface area contributed by atoms with E-state index in [0.717, 1.165) is 0 Å². The van der Waals surface area contributed by atoms with Crippen molar-refractivity contribution in [3.8, 4) is 0 Å². The highest BCUT2D eigenvalue weighted by atomic mass is 16.1. The molecule has 18 heavy (non-hydrogen) atoms. The Morgan fingerprint density at radius 2 is 1.61 bits per heavy atom. The Morgan fingerprint density at radius 1 is 1.00 bits per heavy atom. The Kier molecular flexibility index (Phi) is 7.78. The molecule has 94 valence electrons. The molecule has 0 fully saturated rings. The van der Waals surface area contributed by atoms with Gasteiger partial charge in [-0.1, -0.05) is 62.3 Å². The summed E-state index contributed by atoms with van der Waals surface area (Å²) in [5, 5.41) is 0. The molecule has 0 aliphatic rings. The molecule has 0 saturated carbocycles. The molecule has 0 aliphatic heterocycles. The smallest absolute Gasteiger partial charge is 0.170 e. The summed E-state index contributed by atoms with van der Waals surface area (Å²) in [6, 6.07) is 0. The minimum absolute atomic E-state index is 0.174. The molecule has 0 atom stereocenters. The van der Waals surface area contributed by atoms with Crippen molar-refractivity contribution in [1.29, 1.82) is 0 Å². The van der Waals surface area contributed by atoms with Gasteiger partial charge in [0.25, 0.3) is 0 Å². The fraction of sp³-hybridized carbons (Fsp3) is 0.125. The monoisotopic (exact) mass is 242 g/mol. The molecule has 0 spiro atoms. The predicted molar refractivity (Wildman–Crippen MR) is 76.2 cm³/mol. The maximum atomic E-state index is 11.9. The molecule has 0 aromatic carbocycles. The molecule has 0 aromatic heterocycles. The van der Waals surface area contributed by atoms with Crippen molar-refractivity contribution in [2.75, 3.05) is 0 Å². The van der Waals surface area contributed by atoms with Gasteiger partial charge in [-0.05, 0) is 6.92 Å². The summed E-state index contributed by atoms with van der Waals surface area (Å²) in [5.41, 5.74) is 0.881. The molecule has 0 unspecified atom stereocenters. The van der Waals surface area contributed by atoms with Crippen molar-refractivity contribution in [2.45, 2.75) is 13.3 Å². The lowest BCUT2D eigenvalue weighted by molar-refractivity contribution is -0.122. The maximum absolute atomic E-state index is 11.9. The molecule has 0 N–H and O–H groups in total. The Balaban J connectivity index is 4.85. The van der Waals surface area contributed by atoms with Crippen molar-refractivity contribution in [2.24, 2.45) is 0 Å². The first kappa shape index (κ1) is 15.8. The number of hydrogen-bond donors (Lipinski definition) is 0. The van der Waals surface area contributed by atoms with Crippen LogP contribution in [0.1, 0.15) is 13.3 Å². The normalized spacial score (nSPS) is 12.3. The first-order valence-electron chi connectivity index (χ1n) is 5.57. The van der Waals surface area contributed by atoms with Crippen LogP contribution in [-0.2, 0) is 9.59 Å². The molecule has 0 bridgehead atoms. The van der Waals surface area contributed by atoms with Crippen molar-refractivity contribution < 1.29 is 9.59 Å². The molecule has 0 rings (SSSR count). The van der Waals surface area contributed by atoms with Crippen LogP contribution in [0.25, 0.3) is 0 Å². The molecule has 2 nitrogen and oxygen atoms in total. The van der Waals surface area contributed by atoms with Gasteiger partial charge in [0.2, 0.25) is 0 Å². The lowest BCUT2D eigenvalue weighted by Crippen LogP contribution is -2.10. The number of hydrogen-bond acceptors (Lipinski definition) is 2. The number of carbonyl (C=O) groups is 2. The molecule has 0 aromatic rings. The Hall–Kier alpha value is -2.22. The molecular formula is C16H18O2. The fourth-order valence-corrected chi connectivity index (χ4v) is 1.27. The van der Waals surface area contributed by atoms with Gasteiger partial charge in [0.15, 0.2) is 11.6 Å².